The second kappa shape index (κ2) is 4.93. The molecule has 1 aromatic heterocycles. The molecule has 0 saturated carbocycles. The minimum absolute atomic E-state index is 0.254. The Bertz CT molecular complexity index is 589. The largest absolute Gasteiger partial charge is 0.383 e. The number of nitrogen functional groups attached to an aromatic ring is 1. The number of anilines is 1. The number of amides is 1. The van der Waals surface area contributed by atoms with Gasteiger partial charge in [0.15, 0.2) is 0 Å². The van der Waals surface area contributed by atoms with E-state index in [1.54, 1.807) is 12.1 Å². The summed E-state index contributed by atoms with van der Waals surface area (Å²) in [5.74, 6) is -0.0180. The Hall–Kier alpha value is -2.01. The molecule has 2 aromatic rings. The van der Waals surface area contributed by atoms with Gasteiger partial charge in [-0.25, -0.2) is 0 Å². The Balaban J connectivity index is 2.19. The van der Waals surface area contributed by atoms with Crippen LogP contribution in [0.25, 0.3) is 0 Å². The van der Waals surface area contributed by atoms with Crippen molar-refractivity contribution in [2.45, 2.75) is 19.4 Å². The number of nitrogens with two attached hydrogens (primary N) is 1. The van der Waals surface area contributed by atoms with Gasteiger partial charge in [0.05, 0.1) is 11.7 Å². The first kappa shape index (κ1) is 13.4. The van der Waals surface area contributed by atoms with E-state index >= 15 is 0 Å². The van der Waals surface area contributed by atoms with E-state index in [0.717, 1.165) is 5.56 Å². The van der Waals surface area contributed by atoms with Crippen LogP contribution in [-0.2, 0) is 5.54 Å². The molecule has 2 rings (SSSR count). The Kier molecular flexibility index (Phi) is 3.48. The van der Waals surface area contributed by atoms with Gasteiger partial charge in [-0.3, -0.25) is 9.89 Å². The number of hydrogen-bond donors (Lipinski definition) is 3. The van der Waals surface area contributed by atoms with Gasteiger partial charge in [0.1, 0.15) is 11.4 Å². The Morgan fingerprint density at radius 2 is 2.00 bits per heavy atom. The minimum Gasteiger partial charge on any atom is -0.383 e. The molecular formula is C13H15ClN4O. The van der Waals surface area contributed by atoms with Crippen LogP contribution in [0.1, 0.15) is 29.8 Å². The predicted molar refractivity (Wildman–Crippen MR) is 74.9 cm³/mol. The summed E-state index contributed by atoms with van der Waals surface area (Å²) in [5, 5.41) is 9.83. The van der Waals surface area contributed by atoms with Crippen molar-refractivity contribution in [1.29, 1.82) is 0 Å². The topological polar surface area (TPSA) is 83.8 Å². The number of rotatable bonds is 3. The fraction of sp³-hybridized carbons (Fsp3) is 0.231. The Morgan fingerprint density at radius 3 is 2.53 bits per heavy atom. The average molecular weight is 279 g/mol. The Labute approximate surface area is 116 Å². The number of carbonyl (C=O) groups is 1. The van der Waals surface area contributed by atoms with E-state index in [9.17, 15) is 4.79 Å². The molecule has 0 aliphatic carbocycles. The van der Waals surface area contributed by atoms with Gasteiger partial charge in [-0.2, -0.15) is 5.10 Å². The van der Waals surface area contributed by atoms with Crippen LogP contribution in [0.5, 0.6) is 0 Å². The van der Waals surface area contributed by atoms with Crippen molar-refractivity contribution in [1.82, 2.24) is 15.5 Å². The van der Waals surface area contributed by atoms with Gasteiger partial charge < -0.3 is 11.1 Å². The third-order valence-corrected chi connectivity index (χ3v) is 3.16. The molecule has 0 fully saturated rings. The summed E-state index contributed by atoms with van der Waals surface area (Å²) in [4.78, 5) is 12.1. The number of nitrogens with zero attached hydrogens (tertiary/aromatic N) is 1. The fourth-order valence-electron chi connectivity index (χ4n) is 1.77. The van der Waals surface area contributed by atoms with E-state index in [2.05, 4.69) is 15.5 Å². The van der Waals surface area contributed by atoms with E-state index < -0.39 is 5.54 Å². The standard InChI is InChI=1S/C13H15ClN4O/c1-13(2,8-3-5-9(14)6-4-8)17-12(19)10-7-16-18-11(10)15/h3-7H,1-2H3,(H,17,19)(H3,15,16,18). The summed E-state index contributed by atoms with van der Waals surface area (Å²) in [6, 6.07) is 7.33. The van der Waals surface area contributed by atoms with E-state index in [0.29, 0.717) is 10.6 Å². The zero-order chi connectivity index (χ0) is 14.0. The monoisotopic (exact) mass is 278 g/mol. The van der Waals surface area contributed by atoms with Crippen molar-refractivity contribution >= 4 is 23.3 Å². The number of nitrogens with one attached hydrogen (secondary N) is 2. The highest BCUT2D eigenvalue weighted by molar-refractivity contribution is 6.30. The SMILES string of the molecule is CC(C)(NC(=O)c1cn[nH]c1N)c1ccc(Cl)cc1. The minimum atomic E-state index is -0.536. The van der Waals surface area contributed by atoms with Crippen LogP contribution in [0, 0.1) is 0 Å². The van der Waals surface area contributed by atoms with Gasteiger partial charge in [-0.05, 0) is 31.5 Å². The van der Waals surface area contributed by atoms with Crippen LogP contribution in [-0.4, -0.2) is 16.1 Å². The second-order valence-electron chi connectivity index (χ2n) is 4.78. The van der Waals surface area contributed by atoms with Crippen molar-refractivity contribution in [3.8, 4) is 0 Å². The molecule has 0 aliphatic rings. The quantitative estimate of drug-likeness (QED) is 0.805. The van der Waals surface area contributed by atoms with Crippen molar-refractivity contribution < 1.29 is 4.79 Å². The van der Waals surface area contributed by atoms with E-state index in [4.69, 9.17) is 17.3 Å². The molecule has 0 atom stereocenters. The fourth-order valence-corrected chi connectivity index (χ4v) is 1.89. The number of aromatic amines is 1. The predicted octanol–water partition coefficient (Wildman–Crippen LogP) is 2.31. The normalized spacial score (nSPS) is 11.3. The molecule has 0 unspecified atom stereocenters. The van der Waals surface area contributed by atoms with E-state index in [-0.39, 0.29) is 11.7 Å². The number of benzene rings is 1. The lowest BCUT2D eigenvalue weighted by molar-refractivity contribution is 0.0913. The lowest BCUT2D eigenvalue weighted by Crippen LogP contribution is -2.41. The molecule has 6 heteroatoms. The molecule has 0 spiro atoms. The molecule has 4 N–H and O–H groups in total. The average Bonchev–Trinajstić information content (AvgIpc) is 2.75. The number of hydrogen-bond acceptors (Lipinski definition) is 3. The van der Waals surface area contributed by atoms with Crippen LogP contribution in [0.15, 0.2) is 30.5 Å². The first-order chi connectivity index (χ1) is 8.90. The summed E-state index contributed by atoms with van der Waals surface area (Å²) < 4.78 is 0. The molecular weight excluding hydrogens is 264 g/mol. The second-order valence-corrected chi connectivity index (χ2v) is 5.22. The molecule has 1 heterocycles. The number of H-pyrrole nitrogens is 1. The summed E-state index contributed by atoms with van der Waals surface area (Å²) >= 11 is 5.85. The van der Waals surface area contributed by atoms with Crippen LogP contribution >= 0.6 is 11.6 Å². The summed E-state index contributed by atoms with van der Waals surface area (Å²) in [6.45, 7) is 3.81. The van der Waals surface area contributed by atoms with Crippen molar-refractivity contribution in [3.05, 3.63) is 46.6 Å². The molecule has 5 nitrogen and oxygen atoms in total. The lowest BCUT2D eigenvalue weighted by Gasteiger charge is -2.26. The van der Waals surface area contributed by atoms with E-state index in [1.807, 2.05) is 26.0 Å². The number of halogens is 1. The van der Waals surface area contributed by atoms with Gasteiger partial charge in [-0.15, -0.1) is 0 Å². The zero-order valence-corrected chi connectivity index (χ0v) is 11.5. The first-order valence-corrected chi connectivity index (χ1v) is 6.15. The van der Waals surface area contributed by atoms with Crippen LogP contribution in [0.4, 0.5) is 5.82 Å². The smallest absolute Gasteiger partial charge is 0.257 e. The van der Waals surface area contributed by atoms with Crippen molar-refractivity contribution in [2.24, 2.45) is 0 Å². The van der Waals surface area contributed by atoms with Gasteiger partial charge >= 0.3 is 0 Å². The molecule has 0 bridgehead atoms. The number of aromatic nitrogens is 2. The summed E-state index contributed by atoms with van der Waals surface area (Å²) in [7, 11) is 0. The molecule has 1 amide bonds. The highest BCUT2D eigenvalue weighted by Crippen LogP contribution is 2.22. The first-order valence-electron chi connectivity index (χ1n) is 5.77. The molecule has 0 aliphatic heterocycles. The number of carbonyl (C=O) groups excluding carboxylic acids is 1. The van der Waals surface area contributed by atoms with Gasteiger partial charge in [0.25, 0.3) is 5.91 Å². The lowest BCUT2D eigenvalue weighted by atomic mass is 9.94. The van der Waals surface area contributed by atoms with E-state index in [1.165, 1.54) is 6.20 Å². The third kappa shape index (κ3) is 2.88. The van der Waals surface area contributed by atoms with Gasteiger partial charge in [0.2, 0.25) is 0 Å². The molecule has 0 saturated heterocycles. The van der Waals surface area contributed by atoms with Gasteiger partial charge in [0, 0.05) is 5.02 Å². The van der Waals surface area contributed by atoms with Gasteiger partial charge in [-0.1, -0.05) is 23.7 Å². The maximum absolute atomic E-state index is 12.1. The maximum atomic E-state index is 12.1. The molecule has 1 aromatic carbocycles. The van der Waals surface area contributed by atoms with Crippen LogP contribution < -0.4 is 11.1 Å². The maximum Gasteiger partial charge on any atom is 0.257 e. The molecule has 100 valence electrons. The third-order valence-electron chi connectivity index (χ3n) is 2.91. The molecule has 19 heavy (non-hydrogen) atoms. The van der Waals surface area contributed by atoms with Crippen molar-refractivity contribution in [3.63, 3.8) is 0 Å². The highest BCUT2D eigenvalue weighted by Gasteiger charge is 2.24. The van der Waals surface area contributed by atoms with Crippen LogP contribution in [0.3, 0.4) is 0 Å². The highest BCUT2D eigenvalue weighted by atomic mass is 35.5. The Morgan fingerprint density at radius 1 is 1.37 bits per heavy atom. The molecule has 0 radical (unpaired) electrons. The summed E-state index contributed by atoms with van der Waals surface area (Å²) in [5.41, 5.74) is 6.37. The van der Waals surface area contributed by atoms with Crippen molar-refractivity contribution in [2.75, 3.05) is 5.73 Å². The van der Waals surface area contributed by atoms with Crippen LogP contribution in [0.2, 0.25) is 5.02 Å². The summed E-state index contributed by atoms with van der Waals surface area (Å²) in [6.07, 6.45) is 1.41. The zero-order valence-electron chi connectivity index (χ0n) is 10.7.